The average molecular weight is 455 g/mol. The topological polar surface area (TPSA) is 74.7 Å². The van der Waals surface area contributed by atoms with Gasteiger partial charge in [0.2, 0.25) is 5.88 Å². The zero-order valence-electron chi connectivity index (χ0n) is 19.6. The van der Waals surface area contributed by atoms with Gasteiger partial charge in [0.1, 0.15) is 6.61 Å². The largest absolute Gasteiger partial charge is 0.476 e. The van der Waals surface area contributed by atoms with Gasteiger partial charge in [0, 0.05) is 70.3 Å². The minimum Gasteiger partial charge on any atom is -0.476 e. The van der Waals surface area contributed by atoms with Crippen molar-refractivity contribution in [1.29, 1.82) is 0 Å². The lowest BCUT2D eigenvalue weighted by Crippen LogP contribution is -2.38. The second-order valence-electron chi connectivity index (χ2n) is 8.31. The van der Waals surface area contributed by atoms with Crippen LogP contribution < -0.4 is 20.0 Å². The molecule has 2 saturated heterocycles. The van der Waals surface area contributed by atoms with E-state index in [1.54, 1.807) is 6.21 Å². The Morgan fingerprint density at radius 3 is 2.58 bits per heavy atom. The summed E-state index contributed by atoms with van der Waals surface area (Å²) in [6.45, 7) is 8.03. The van der Waals surface area contributed by atoms with Gasteiger partial charge in [-0.3, -0.25) is 10.3 Å². The van der Waals surface area contributed by atoms with Crippen LogP contribution in [-0.4, -0.2) is 96.0 Å². The van der Waals surface area contributed by atoms with E-state index >= 15 is 0 Å². The summed E-state index contributed by atoms with van der Waals surface area (Å²) in [5.74, 6) is 1.25. The number of hydrazone groups is 1. The molecule has 0 unspecified atom stereocenters. The highest BCUT2D eigenvalue weighted by Gasteiger charge is 2.15. The molecule has 1 N–H and O–H groups in total. The standard InChI is InChI=1S/C24H34N6O3/c1-28(2)21-5-3-4-20(16-21)19-25-27-23-17-22(30-9-13-32-14-10-30)18-24(26-23)33-15-8-29-6-11-31-12-7-29/h3-5,16-19H,6-15H2,1-2H3,(H,26,27)/b25-19+. The fraction of sp³-hybridized carbons (Fsp3) is 0.500. The minimum atomic E-state index is 0.583. The van der Waals surface area contributed by atoms with Crippen LogP contribution in [0.2, 0.25) is 0 Å². The second kappa shape index (κ2) is 11.8. The highest BCUT2D eigenvalue weighted by molar-refractivity contribution is 5.82. The zero-order valence-corrected chi connectivity index (χ0v) is 19.6. The number of benzene rings is 1. The molecule has 0 atom stereocenters. The third-order valence-electron chi connectivity index (χ3n) is 5.70. The third kappa shape index (κ3) is 7.05. The number of hydrogen-bond acceptors (Lipinski definition) is 9. The first-order chi connectivity index (χ1) is 16.2. The quantitative estimate of drug-likeness (QED) is 0.456. The van der Waals surface area contributed by atoms with Crippen molar-refractivity contribution in [2.45, 2.75) is 0 Å². The Kier molecular flexibility index (Phi) is 8.35. The molecule has 3 heterocycles. The van der Waals surface area contributed by atoms with Crippen LogP contribution in [0, 0.1) is 0 Å². The SMILES string of the molecule is CN(C)c1cccc(/C=N/Nc2cc(N3CCOCC3)cc(OCCN3CCOCC3)n2)c1. The maximum Gasteiger partial charge on any atom is 0.217 e. The molecule has 178 valence electrons. The zero-order chi connectivity index (χ0) is 22.9. The molecule has 4 rings (SSSR count). The number of morpholine rings is 2. The first kappa shape index (κ1) is 23.3. The number of ether oxygens (including phenoxy) is 3. The van der Waals surface area contributed by atoms with E-state index in [1.165, 1.54) is 0 Å². The molecule has 0 bridgehead atoms. The first-order valence-corrected chi connectivity index (χ1v) is 11.5. The van der Waals surface area contributed by atoms with Crippen LogP contribution in [0.1, 0.15) is 5.56 Å². The van der Waals surface area contributed by atoms with Crippen LogP contribution in [0.15, 0.2) is 41.5 Å². The molecule has 2 fully saturated rings. The molecule has 2 aromatic rings. The first-order valence-electron chi connectivity index (χ1n) is 11.5. The number of hydrogen-bond donors (Lipinski definition) is 1. The highest BCUT2D eigenvalue weighted by atomic mass is 16.5. The maximum atomic E-state index is 6.04. The van der Waals surface area contributed by atoms with E-state index in [0.29, 0.717) is 18.3 Å². The third-order valence-corrected chi connectivity index (χ3v) is 5.70. The molecule has 0 spiro atoms. The Morgan fingerprint density at radius 2 is 1.82 bits per heavy atom. The van der Waals surface area contributed by atoms with Gasteiger partial charge in [0.25, 0.3) is 0 Å². The van der Waals surface area contributed by atoms with Crippen molar-refractivity contribution in [3.05, 3.63) is 42.0 Å². The van der Waals surface area contributed by atoms with Crippen LogP contribution in [-0.2, 0) is 9.47 Å². The molecule has 1 aromatic carbocycles. The van der Waals surface area contributed by atoms with E-state index in [1.807, 2.05) is 38.4 Å². The molecule has 2 aliphatic heterocycles. The van der Waals surface area contributed by atoms with Crippen molar-refractivity contribution in [1.82, 2.24) is 9.88 Å². The Morgan fingerprint density at radius 1 is 1.06 bits per heavy atom. The summed E-state index contributed by atoms with van der Waals surface area (Å²) in [6, 6.07) is 12.2. The molecule has 9 heteroatoms. The van der Waals surface area contributed by atoms with Gasteiger partial charge in [-0.1, -0.05) is 12.1 Å². The highest BCUT2D eigenvalue weighted by Crippen LogP contribution is 2.25. The van der Waals surface area contributed by atoms with E-state index in [4.69, 9.17) is 14.2 Å². The molecular weight excluding hydrogens is 420 g/mol. The maximum absolute atomic E-state index is 6.04. The molecule has 0 amide bonds. The Balaban J connectivity index is 1.43. The van der Waals surface area contributed by atoms with Gasteiger partial charge in [0.05, 0.1) is 32.6 Å². The van der Waals surface area contributed by atoms with E-state index in [9.17, 15) is 0 Å². The molecule has 33 heavy (non-hydrogen) atoms. The average Bonchev–Trinajstić information content (AvgIpc) is 2.85. The Labute approximate surface area is 195 Å². The minimum absolute atomic E-state index is 0.583. The summed E-state index contributed by atoms with van der Waals surface area (Å²) in [7, 11) is 4.05. The molecule has 1 aromatic heterocycles. The fourth-order valence-electron chi connectivity index (χ4n) is 3.79. The van der Waals surface area contributed by atoms with E-state index in [-0.39, 0.29) is 0 Å². The van der Waals surface area contributed by atoms with E-state index in [0.717, 1.165) is 76.1 Å². The van der Waals surface area contributed by atoms with Crippen LogP contribution in [0.5, 0.6) is 5.88 Å². The van der Waals surface area contributed by atoms with E-state index < -0.39 is 0 Å². The Hall–Kier alpha value is -2.88. The van der Waals surface area contributed by atoms with Crippen molar-refractivity contribution in [2.75, 3.05) is 95.1 Å². The lowest BCUT2D eigenvalue weighted by atomic mass is 10.2. The molecule has 0 aliphatic carbocycles. The molecule has 9 nitrogen and oxygen atoms in total. The van der Waals surface area contributed by atoms with E-state index in [2.05, 4.69) is 42.3 Å². The van der Waals surface area contributed by atoms with Gasteiger partial charge in [-0.15, -0.1) is 0 Å². The number of nitrogens with one attached hydrogen (secondary N) is 1. The number of aromatic nitrogens is 1. The monoisotopic (exact) mass is 454 g/mol. The second-order valence-corrected chi connectivity index (χ2v) is 8.31. The Bertz CT molecular complexity index is 911. The number of nitrogens with zero attached hydrogens (tertiary/aromatic N) is 5. The van der Waals surface area contributed by atoms with Gasteiger partial charge in [-0.2, -0.15) is 10.1 Å². The van der Waals surface area contributed by atoms with Gasteiger partial charge < -0.3 is 24.0 Å². The molecule has 2 aliphatic rings. The van der Waals surface area contributed by atoms with Crippen molar-refractivity contribution < 1.29 is 14.2 Å². The van der Waals surface area contributed by atoms with Gasteiger partial charge in [-0.05, 0) is 17.7 Å². The number of pyridine rings is 1. The van der Waals surface area contributed by atoms with Gasteiger partial charge in [0.15, 0.2) is 5.82 Å². The summed E-state index contributed by atoms with van der Waals surface area (Å²) in [5, 5.41) is 4.42. The van der Waals surface area contributed by atoms with Gasteiger partial charge >= 0.3 is 0 Å². The van der Waals surface area contributed by atoms with Crippen molar-refractivity contribution in [3.8, 4) is 5.88 Å². The summed E-state index contributed by atoms with van der Waals surface area (Å²) >= 11 is 0. The molecule has 0 radical (unpaired) electrons. The summed E-state index contributed by atoms with van der Waals surface area (Å²) in [6.07, 6.45) is 1.80. The lowest BCUT2D eigenvalue weighted by Gasteiger charge is -2.29. The summed E-state index contributed by atoms with van der Waals surface area (Å²) < 4.78 is 17.0. The van der Waals surface area contributed by atoms with Crippen LogP contribution in [0.4, 0.5) is 17.2 Å². The van der Waals surface area contributed by atoms with Crippen molar-refractivity contribution >= 4 is 23.4 Å². The lowest BCUT2D eigenvalue weighted by molar-refractivity contribution is 0.0320. The predicted molar refractivity (Wildman–Crippen MR) is 132 cm³/mol. The van der Waals surface area contributed by atoms with Crippen LogP contribution in [0.3, 0.4) is 0 Å². The van der Waals surface area contributed by atoms with Gasteiger partial charge in [-0.25, -0.2) is 0 Å². The van der Waals surface area contributed by atoms with Crippen molar-refractivity contribution in [3.63, 3.8) is 0 Å². The molecule has 0 saturated carbocycles. The number of anilines is 3. The van der Waals surface area contributed by atoms with Crippen LogP contribution in [0.25, 0.3) is 0 Å². The smallest absolute Gasteiger partial charge is 0.217 e. The number of rotatable bonds is 9. The molecular formula is C24H34N6O3. The summed E-state index contributed by atoms with van der Waals surface area (Å²) in [5.41, 5.74) is 6.28. The normalized spacial score (nSPS) is 17.3. The van der Waals surface area contributed by atoms with Crippen LogP contribution >= 0.6 is 0 Å². The fourth-order valence-corrected chi connectivity index (χ4v) is 3.79. The predicted octanol–water partition coefficient (Wildman–Crippen LogP) is 2.14. The van der Waals surface area contributed by atoms with Crippen molar-refractivity contribution in [2.24, 2.45) is 5.10 Å². The summed E-state index contributed by atoms with van der Waals surface area (Å²) in [4.78, 5) is 11.3.